The number of carbonyl (C=O) groups excluding carboxylic acids is 3. The van der Waals surface area contributed by atoms with Crippen molar-refractivity contribution in [3.63, 3.8) is 0 Å². The minimum atomic E-state index is -0.429. The Morgan fingerprint density at radius 3 is 2.16 bits per heavy atom. The number of anilines is 1. The molecule has 0 unspecified atom stereocenters. The lowest BCUT2D eigenvalue weighted by Gasteiger charge is -2.37. The Labute approximate surface area is 180 Å². The fraction of sp³-hybridized carbons (Fsp3) is 0.450. The van der Waals surface area contributed by atoms with Crippen LogP contribution in [-0.2, 0) is 14.3 Å². The van der Waals surface area contributed by atoms with Crippen LogP contribution in [0.1, 0.15) is 11.6 Å². The fourth-order valence-electron chi connectivity index (χ4n) is 2.87. The molecule has 0 aromatic carbocycles. The minimum Gasteiger partial charge on any atom is -0.445 e. The molecule has 0 atom stereocenters. The molecule has 11 nitrogen and oxygen atoms in total. The molecule has 0 saturated carbocycles. The van der Waals surface area contributed by atoms with Crippen molar-refractivity contribution in [1.29, 1.82) is 0 Å². The standard InChI is InChI=1S/C10H14N4O2.C10H12N2O3/c1-2-3-16-10(15)14-5-7(6-14)8-4-9(11)13-12-8;1-3-4-15-10(14)12-6-8(7-12)9(13)5-11-2/h2,4,7H,1,3,5-6H2,(H3,11,12,13);3,8H,1,4-7H2. The number of aromatic amines is 1. The van der Waals surface area contributed by atoms with Gasteiger partial charge in [-0.2, -0.15) is 5.10 Å². The highest BCUT2D eigenvalue weighted by molar-refractivity contribution is 5.87. The number of nitrogens with two attached hydrogens (primary N) is 1. The van der Waals surface area contributed by atoms with E-state index in [1.807, 2.05) is 0 Å². The summed E-state index contributed by atoms with van der Waals surface area (Å²) in [5.74, 6) is 0.469. The first-order valence-electron chi connectivity index (χ1n) is 9.61. The number of nitrogens with zero attached hydrogens (tertiary/aromatic N) is 4. The van der Waals surface area contributed by atoms with Crippen molar-refractivity contribution < 1.29 is 23.9 Å². The summed E-state index contributed by atoms with van der Waals surface area (Å²) >= 11 is 0. The lowest BCUT2D eigenvalue weighted by Crippen LogP contribution is -2.53. The third-order valence-electron chi connectivity index (χ3n) is 4.68. The van der Waals surface area contributed by atoms with Crippen molar-refractivity contribution in [3.8, 4) is 0 Å². The quantitative estimate of drug-likeness (QED) is 0.493. The first-order chi connectivity index (χ1) is 14.9. The van der Waals surface area contributed by atoms with Crippen molar-refractivity contribution >= 4 is 23.8 Å². The van der Waals surface area contributed by atoms with Gasteiger partial charge in [0.2, 0.25) is 5.78 Å². The molecule has 166 valence electrons. The Balaban J connectivity index is 0.000000221. The van der Waals surface area contributed by atoms with Crippen LogP contribution in [0, 0.1) is 12.5 Å². The maximum absolute atomic E-state index is 11.4. The van der Waals surface area contributed by atoms with Crippen LogP contribution < -0.4 is 5.73 Å². The third kappa shape index (κ3) is 6.60. The van der Waals surface area contributed by atoms with Gasteiger partial charge in [0.25, 0.3) is 6.54 Å². The van der Waals surface area contributed by atoms with E-state index in [-0.39, 0.29) is 43.5 Å². The van der Waals surface area contributed by atoms with Gasteiger partial charge in [-0.15, -0.1) is 0 Å². The van der Waals surface area contributed by atoms with E-state index in [0.29, 0.717) is 32.0 Å². The topological polar surface area (TPSA) is 135 Å². The molecule has 0 aliphatic carbocycles. The van der Waals surface area contributed by atoms with Gasteiger partial charge in [-0.1, -0.05) is 25.3 Å². The fourth-order valence-corrected chi connectivity index (χ4v) is 2.87. The van der Waals surface area contributed by atoms with Crippen LogP contribution in [0.15, 0.2) is 31.4 Å². The first kappa shape index (κ1) is 23.5. The average molecular weight is 430 g/mol. The largest absolute Gasteiger partial charge is 0.445 e. The predicted octanol–water partition coefficient (Wildman–Crippen LogP) is 1.44. The zero-order valence-corrected chi connectivity index (χ0v) is 17.2. The van der Waals surface area contributed by atoms with Crippen LogP contribution in [0.3, 0.4) is 0 Å². The van der Waals surface area contributed by atoms with E-state index >= 15 is 0 Å². The van der Waals surface area contributed by atoms with Gasteiger partial charge in [0.15, 0.2) is 0 Å². The number of carbonyl (C=O) groups is 3. The molecule has 2 amide bonds. The summed E-state index contributed by atoms with van der Waals surface area (Å²) in [4.78, 5) is 39.8. The Morgan fingerprint density at radius 2 is 1.71 bits per heavy atom. The molecule has 2 aliphatic rings. The summed E-state index contributed by atoms with van der Waals surface area (Å²) in [5, 5.41) is 6.68. The highest BCUT2D eigenvalue weighted by Crippen LogP contribution is 2.26. The van der Waals surface area contributed by atoms with E-state index in [9.17, 15) is 14.4 Å². The lowest BCUT2D eigenvalue weighted by molar-refractivity contribution is -0.125. The monoisotopic (exact) mass is 430 g/mol. The number of ether oxygens (including phenoxy) is 2. The van der Waals surface area contributed by atoms with Gasteiger partial charge in [0.1, 0.15) is 19.0 Å². The van der Waals surface area contributed by atoms with Gasteiger partial charge in [-0.25, -0.2) is 16.2 Å². The number of amides is 2. The molecular formula is C20H26N6O5. The minimum absolute atomic E-state index is 0.0970. The average Bonchev–Trinajstić information content (AvgIpc) is 3.08. The third-order valence-corrected chi connectivity index (χ3v) is 4.68. The van der Waals surface area contributed by atoms with Crippen molar-refractivity contribution in [3.05, 3.63) is 48.5 Å². The number of ketones is 1. The summed E-state index contributed by atoms with van der Waals surface area (Å²) in [6.07, 6.45) is 2.30. The van der Waals surface area contributed by atoms with E-state index in [2.05, 4.69) is 28.2 Å². The van der Waals surface area contributed by atoms with E-state index in [4.69, 9.17) is 21.8 Å². The molecule has 0 radical (unpaired) electrons. The number of Topliss-reactive ketones (excluding diaryl/α,β-unsaturated/α-hetero) is 1. The Bertz CT molecular complexity index is 848. The summed E-state index contributed by atoms with van der Waals surface area (Å²) in [6.45, 7) is 15.8. The zero-order valence-electron chi connectivity index (χ0n) is 17.2. The van der Waals surface area contributed by atoms with Gasteiger partial charge in [0.05, 0.1) is 5.92 Å². The van der Waals surface area contributed by atoms with E-state index in [1.54, 1.807) is 17.0 Å². The molecular weight excluding hydrogens is 404 g/mol. The first-order valence-corrected chi connectivity index (χ1v) is 9.61. The second-order valence-electron chi connectivity index (χ2n) is 6.97. The van der Waals surface area contributed by atoms with E-state index in [1.165, 1.54) is 11.0 Å². The number of H-pyrrole nitrogens is 1. The molecule has 2 fully saturated rings. The van der Waals surface area contributed by atoms with Crippen LogP contribution >= 0.6 is 0 Å². The molecule has 3 heterocycles. The number of aromatic nitrogens is 2. The van der Waals surface area contributed by atoms with Gasteiger partial charge >= 0.3 is 12.2 Å². The zero-order chi connectivity index (χ0) is 22.8. The number of nitrogens with one attached hydrogen (secondary N) is 1. The summed E-state index contributed by atoms with van der Waals surface area (Å²) in [6, 6.07) is 1.79. The smallest absolute Gasteiger partial charge is 0.410 e. The van der Waals surface area contributed by atoms with Crippen LogP contribution in [0.5, 0.6) is 0 Å². The van der Waals surface area contributed by atoms with Gasteiger partial charge in [-0.3, -0.25) is 9.89 Å². The molecule has 11 heteroatoms. The Morgan fingerprint density at radius 1 is 1.16 bits per heavy atom. The number of likely N-dealkylation sites (tertiary alicyclic amines) is 2. The van der Waals surface area contributed by atoms with Gasteiger partial charge < -0.3 is 29.9 Å². The number of nitrogen functional groups attached to an aromatic ring is 1. The molecule has 31 heavy (non-hydrogen) atoms. The maximum Gasteiger partial charge on any atom is 0.410 e. The molecule has 1 aromatic rings. The van der Waals surface area contributed by atoms with Gasteiger partial charge in [0, 0.05) is 43.9 Å². The van der Waals surface area contributed by atoms with E-state index in [0.717, 1.165) is 5.69 Å². The molecule has 3 N–H and O–H groups in total. The normalized spacial score (nSPS) is 15.3. The SMILES string of the molecule is C=CCOC(=O)N1CC(c2cc(N)n[nH]2)C1.[C-]#[N+]CC(=O)C1CN(C(=O)OCC=C)C1. The summed E-state index contributed by atoms with van der Waals surface area (Å²) < 4.78 is 9.68. The molecule has 0 bridgehead atoms. The van der Waals surface area contributed by atoms with Crippen molar-refractivity contribution in [2.24, 2.45) is 5.92 Å². The Kier molecular flexibility index (Phi) is 8.63. The number of hydrogen-bond donors (Lipinski definition) is 2. The number of hydrogen-bond acceptors (Lipinski definition) is 7. The van der Waals surface area contributed by atoms with Crippen LogP contribution in [0.4, 0.5) is 15.4 Å². The van der Waals surface area contributed by atoms with Crippen LogP contribution in [0.25, 0.3) is 4.85 Å². The highest BCUT2D eigenvalue weighted by Gasteiger charge is 2.37. The van der Waals surface area contributed by atoms with E-state index < -0.39 is 6.09 Å². The molecule has 3 rings (SSSR count). The molecule has 2 aliphatic heterocycles. The van der Waals surface area contributed by atoms with Gasteiger partial charge in [-0.05, 0) is 0 Å². The maximum atomic E-state index is 11.4. The lowest BCUT2D eigenvalue weighted by atomic mass is 9.96. The summed E-state index contributed by atoms with van der Waals surface area (Å²) in [5.41, 5.74) is 6.46. The predicted molar refractivity (Wildman–Crippen MR) is 112 cm³/mol. The van der Waals surface area contributed by atoms with Crippen molar-refractivity contribution in [2.75, 3.05) is 51.7 Å². The second kappa shape index (κ2) is 11.4. The Hall–Kier alpha value is -3.81. The molecule has 0 spiro atoms. The van der Waals surface area contributed by atoms with Crippen LogP contribution in [-0.4, -0.2) is 83.9 Å². The second-order valence-corrected chi connectivity index (χ2v) is 6.97. The number of rotatable bonds is 7. The summed E-state index contributed by atoms with van der Waals surface area (Å²) in [7, 11) is 0. The van der Waals surface area contributed by atoms with Crippen molar-refractivity contribution in [2.45, 2.75) is 5.92 Å². The highest BCUT2D eigenvalue weighted by atomic mass is 16.6. The molecule has 1 aromatic heterocycles. The molecule has 2 saturated heterocycles. The van der Waals surface area contributed by atoms with Crippen molar-refractivity contribution in [1.82, 2.24) is 20.0 Å². The van der Waals surface area contributed by atoms with Crippen LogP contribution in [0.2, 0.25) is 0 Å².